The molecular weight excluding hydrogens is 528 g/mol. The molecule has 0 bridgehead atoms. The number of nitrogens with two attached hydrogens (primary N) is 1. The number of aldehydes is 1. The zero-order valence-corrected chi connectivity index (χ0v) is 23.1. The molecule has 2 aromatic carbocycles. The van der Waals surface area contributed by atoms with Crippen molar-refractivity contribution in [1.29, 1.82) is 0 Å². The van der Waals surface area contributed by atoms with Crippen LogP contribution in [0.2, 0.25) is 5.02 Å². The molecule has 1 aliphatic heterocycles. The number of rotatable bonds is 13. The Kier molecular flexibility index (Phi) is 11.9. The maximum absolute atomic E-state index is 13.1. The van der Waals surface area contributed by atoms with E-state index >= 15 is 0 Å². The second-order valence-corrected chi connectivity index (χ2v) is 10.5. The topological polar surface area (TPSA) is 116 Å². The van der Waals surface area contributed by atoms with Gasteiger partial charge in [0.25, 0.3) is 5.91 Å². The van der Waals surface area contributed by atoms with Gasteiger partial charge < -0.3 is 30.2 Å². The minimum Gasteiger partial charge on any atom is -0.468 e. The van der Waals surface area contributed by atoms with Crippen molar-refractivity contribution in [3.05, 3.63) is 64.7 Å². The first-order valence-electron chi connectivity index (χ1n) is 12.5. The number of carbonyl (C=O) groups is 3. The molecule has 0 saturated carbocycles. The van der Waals surface area contributed by atoms with Crippen LogP contribution in [0.5, 0.6) is 0 Å². The second kappa shape index (κ2) is 15.1. The molecule has 1 amide bonds. The van der Waals surface area contributed by atoms with Gasteiger partial charge in [-0.25, -0.2) is 0 Å². The first kappa shape index (κ1) is 29.9. The smallest absolute Gasteiger partial charge is 0.323 e. The summed E-state index contributed by atoms with van der Waals surface area (Å²) in [6.07, 6.45) is 1.68. The standard InChI is InChI=1S/C27H35ClN4O5S/c1-37-27(36)24(29)19-38-25(18-34)32(16-17-33)23-8-4-21(5-9-23)26(35)31-14-12-30(13-15-31)11-10-20-2-6-22(28)7-3-20/h2-9,18,24-25,33H,10-17,19,29H2,1H3. The highest BCUT2D eigenvalue weighted by molar-refractivity contribution is 8.00. The van der Waals surface area contributed by atoms with E-state index in [0.29, 0.717) is 24.3 Å². The molecule has 3 N–H and O–H groups in total. The molecule has 1 saturated heterocycles. The lowest BCUT2D eigenvalue weighted by atomic mass is 10.1. The molecule has 2 atom stereocenters. The number of methoxy groups -OCH3 is 1. The minimum atomic E-state index is -0.860. The number of benzene rings is 2. The SMILES string of the molecule is COC(=O)C(N)CSC(C=O)N(CCO)c1ccc(C(=O)N2CCN(CCc3ccc(Cl)cc3)CC2)cc1. The van der Waals surface area contributed by atoms with Crippen molar-refractivity contribution in [2.45, 2.75) is 17.8 Å². The lowest BCUT2D eigenvalue weighted by Crippen LogP contribution is -2.49. The first-order valence-corrected chi connectivity index (χ1v) is 13.9. The molecular formula is C27H35ClN4O5S. The minimum absolute atomic E-state index is 0.0343. The molecule has 1 heterocycles. The number of thioether (sulfide) groups is 1. The molecule has 0 aliphatic carbocycles. The molecule has 3 rings (SSSR count). The van der Waals surface area contributed by atoms with E-state index in [1.54, 1.807) is 29.2 Å². The van der Waals surface area contributed by atoms with E-state index in [1.165, 1.54) is 24.4 Å². The molecule has 0 radical (unpaired) electrons. The average Bonchev–Trinajstić information content (AvgIpc) is 2.96. The van der Waals surface area contributed by atoms with Gasteiger partial charge in [0, 0.05) is 61.3 Å². The monoisotopic (exact) mass is 562 g/mol. The summed E-state index contributed by atoms with van der Waals surface area (Å²) in [7, 11) is 1.26. The highest BCUT2D eigenvalue weighted by Crippen LogP contribution is 2.24. The van der Waals surface area contributed by atoms with Crippen LogP contribution in [-0.2, 0) is 20.7 Å². The van der Waals surface area contributed by atoms with Crippen LogP contribution >= 0.6 is 23.4 Å². The van der Waals surface area contributed by atoms with E-state index in [0.717, 1.165) is 37.4 Å². The highest BCUT2D eigenvalue weighted by Gasteiger charge is 2.24. The molecule has 1 aliphatic rings. The van der Waals surface area contributed by atoms with Crippen molar-refractivity contribution in [1.82, 2.24) is 9.80 Å². The fraction of sp³-hybridized carbons (Fsp3) is 0.444. The van der Waals surface area contributed by atoms with Crippen molar-refractivity contribution in [3.8, 4) is 0 Å². The molecule has 2 unspecified atom stereocenters. The Hall–Kier alpha value is -2.63. The first-order chi connectivity index (χ1) is 18.4. The van der Waals surface area contributed by atoms with Crippen molar-refractivity contribution in [3.63, 3.8) is 0 Å². The summed E-state index contributed by atoms with van der Waals surface area (Å²) in [6, 6.07) is 14.0. The summed E-state index contributed by atoms with van der Waals surface area (Å²) < 4.78 is 4.63. The van der Waals surface area contributed by atoms with Gasteiger partial charge in [0.15, 0.2) is 6.29 Å². The third kappa shape index (κ3) is 8.44. The van der Waals surface area contributed by atoms with E-state index in [9.17, 15) is 19.5 Å². The van der Waals surface area contributed by atoms with Gasteiger partial charge in [0.05, 0.1) is 13.7 Å². The average molecular weight is 563 g/mol. The Morgan fingerprint density at radius 1 is 1.13 bits per heavy atom. The molecule has 38 heavy (non-hydrogen) atoms. The summed E-state index contributed by atoms with van der Waals surface area (Å²) in [4.78, 5) is 42.5. The molecule has 9 nitrogen and oxygen atoms in total. The lowest BCUT2D eigenvalue weighted by Gasteiger charge is -2.35. The maximum Gasteiger partial charge on any atom is 0.323 e. The number of anilines is 1. The van der Waals surface area contributed by atoms with Crippen LogP contribution in [0.15, 0.2) is 48.5 Å². The van der Waals surface area contributed by atoms with Crippen LogP contribution in [0.3, 0.4) is 0 Å². The van der Waals surface area contributed by atoms with E-state index in [-0.39, 0.29) is 24.8 Å². The van der Waals surface area contributed by atoms with Gasteiger partial charge in [0.1, 0.15) is 11.4 Å². The fourth-order valence-electron chi connectivity index (χ4n) is 4.23. The Morgan fingerprint density at radius 3 is 2.37 bits per heavy atom. The Morgan fingerprint density at radius 2 is 1.79 bits per heavy atom. The molecule has 0 spiro atoms. The van der Waals surface area contributed by atoms with Crippen LogP contribution in [0, 0.1) is 0 Å². The number of esters is 1. The normalized spacial score (nSPS) is 15.5. The number of aliphatic hydroxyl groups excluding tert-OH is 1. The quantitative estimate of drug-likeness (QED) is 0.214. The fourth-order valence-corrected chi connectivity index (χ4v) is 5.38. The van der Waals surface area contributed by atoms with Gasteiger partial charge in [-0.3, -0.25) is 14.5 Å². The van der Waals surface area contributed by atoms with Crippen molar-refractivity contribution >= 4 is 47.2 Å². The number of hydrogen-bond donors (Lipinski definition) is 2. The summed E-state index contributed by atoms with van der Waals surface area (Å²) in [5, 5.41) is 9.63. The summed E-state index contributed by atoms with van der Waals surface area (Å²) in [5.74, 6) is -0.408. The van der Waals surface area contributed by atoms with Gasteiger partial charge in [-0.1, -0.05) is 23.7 Å². The van der Waals surface area contributed by atoms with Crippen LogP contribution in [0.4, 0.5) is 5.69 Å². The predicted molar refractivity (Wildman–Crippen MR) is 151 cm³/mol. The summed E-state index contributed by atoms with van der Waals surface area (Å²) in [6.45, 7) is 3.90. The van der Waals surface area contributed by atoms with E-state index < -0.39 is 17.4 Å². The van der Waals surface area contributed by atoms with E-state index in [2.05, 4.69) is 9.64 Å². The van der Waals surface area contributed by atoms with Crippen LogP contribution < -0.4 is 10.6 Å². The van der Waals surface area contributed by atoms with Crippen LogP contribution in [-0.4, -0.2) is 103 Å². The number of carbonyl (C=O) groups excluding carboxylic acids is 3. The molecule has 1 fully saturated rings. The highest BCUT2D eigenvalue weighted by atomic mass is 35.5. The van der Waals surface area contributed by atoms with Crippen molar-refractivity contribution in [2.24, 2.45) is 5.73 Å². The predicted octanol–water partition coefficient (Wildman–Crippen LogP) is 1.90. The van der Waals surface area contributed by atoms with Gasteiger partial charge in [-0.15, -0.1) is 11.8 Å². The largest absolute Gasteiger partial charge is 0.468 e. The molecule has 2 aromatic rings. The number of halogens is 1. The number of ether oxygens (including phenoxy) is 1. The van der Waals surface area contributed by atoms with Gasteiger partial charge in [-0.05, 0) is 48.4 Å². The number of nitrogens with zero attached hydrogens (tertiary/aromatic N) is 3. The van der Waals surface area contributed by atoms with Crippen molar-refractivity contribution < 1.29 is 24.2 Å². The number of hydrogen-bond acceptors (Lipinski definition) is 9. The number of amides is 1. The number of piperazine rings is 1. The van der Waals surface area contributed by atoms with Gasteiger partial charge in [0.2, 0.25) is 0 Å². The third-order valence-electron chi connectivity index (χ3n) is 6.45. The molecule has 206 valence electrons. The number of aliphatic hydroxyl groups is 1. The van der Waals surface area contributed by atoms with Crippen molar-refractivity contribution in [2.75, 3.05) is 63.6 Å². The zero-order chi connectivity index (χ0) is 27.5. The van der Waals surface area contributed by atoms with E-state index in [1.807, 2.05) is 29.2 Å². The van der Waals surface area contributed by atoms with Gasteiger partial charge >= 0.3 is 5.97 Å². The third-order valence-corrected chi connectivity index (χ3v) is 7.96. The summed E-state index contributed by atoms with van der Waals surface area (Å²) in [5.41, 5.74) is 8.28. The maximum atomic E-state index is 13.1. The lowest BCUT2D eigenvalue weighted by molar-refractivity contribution is -0.141. The Balaban J connectivity index is 1.54. The Bertz CT molecular complexity index is 1050. The second-order valence-electron chi connectivity index (χ2n) is 8.96. The van der Waals surface area contributed by atoms with Crippen LogP contribution in [0.1, 0.15) is 15.9 Å². The molecule has 0 aromatic heterocycles. The molecule has 11 heteroatoms. The Labute approximate surface area is 232 Å². The summed E-state index contributed by atoms with van der Waals surface area (Å²) >= 11 is 7.15. The van der Waals surface area contributed by atoms with E-state index in [4.69, 9.17) is 17.3 Å². The van der Waals surface area contributed by atoms with Gasteiger partial charge in [-0.2, -0.15) is 0 Å². The van der Waals surface area contributed by atoms with Crippen LogP contribution in [0.25, 0.3) is 0 Å². The zero-order valence-electron chi connectivity index (χ0n) is 21.5.